The lowest BCUT2D eigenvalue weighted by Crippen LogP contribution is -2.48. The first-order chi connectivity index (χ1) is 10.5. The molecule has 5 nitrogen and oxygen atoms in total. The summed E-state index contributed by atoms with van der Waals surface area (Å²) in [6.45, 7) is 0.590. The number of likely N-dealkylation sites (N-methyl/N-ethyl adjacent to an activating group) is 1. The molecule has 23 heavy (non-hydrogen) atoms. The van der Waals surface area contributed by atoms with Gasteiger partial charge in [0.05, 0.1) is 11.8 Å². The summed E-state index contributed by atoms with van der Waals surface area (Å²) in [5, 5.41) is 0. The van der Waals surface area contributed by atoms with E-state index in [4.69, 9.17) is 0 Å². The van der Waals surface area contributed by atoms with Gasteiger partial charge in [0.15, 0.2) is 0 Å². The van der Waals surface area contributed by atoms with Crippen LogP contribution in [0.2, 0.25) is 0 Å². The van der Waals surface area contributed by atoms with Gasteiger partial charge in [0, 0.05) is 36.8 Å². The fourth-order valence-corrected chi connectivity index (χ4v) is 3.65. The highest BCUT2D eigenvalue weighted by atomic mass is 79.9. The Morgan fingerprint density at radius 1 is 1.43 bits per heavy atom. The molecule has 0 saturated carbocycles. The molecule has 0 spiro atoms. The van der Waals surface area contributed by atoms with Crippen LogP contribution < -0.4 is 4.90 Å². The van der Waals surface area contributed by atoms with Crippen molar-refractivity contribution >= 4 is 31.8 Å². The fraction of sp³-hybridized carbons (Fsp3) is 0.615. The van der Waals surface area contributed by atoms with E-state index >= 15 is 0 Å². The Hall–Kier alpha value is -0.870. The molecule has 1 atom stereocenters. The second kappa shape index (κ2) is 6.56. The fourth-order valence-electron chi connectivity index (χ4n) is 2.61. The van der Waals surface area contributed by atoms with Gasteiger partial charge in [-0.1, -0.05) is 0 Å². The van der Waals surface area contributed by atoms with Crippen LogP contribution >= 0.6 is 15.9 Å². The minimum Gasteiger partial charge on any atom is -0.355 e. The van der Waals surface area contributed by atoms with Crippen LogP contribution in [0.1, 0.15) is 18.4 Å². The molecule has 0 radical (unpaired) electrons. The van der Waals surface area contributed by atoms with Crippen LogP contribution in [0.25, 0.3) is 0 Å². The summed E-state index contributed by atoms with van der Waals surface area (Å²) in [5.74, 6) is -0.160. The number of halogens is 4. The molecule has 10 heteroatoms. The number of hydrogen-bond acceptors (Lipinski definition) is 4. The smallest absolute Gasteiger partial charge is 0.355 e. The van der Waals surface area contributed by atoms with E-state index in [1.807, 2.05) is 0 Å². The van der Waals surface area contributed by atoms with Crippen LogP contribution in [0.4, 0.5) is 19.0 Å². The summed E-state index contributed by atoms with van der Waals surface area (Å²) in [6, 6.07) is 0.622. The monoisotopic (exact) mass is 415 g/mol. The zero-order chi connectivity index (χ0) is 17.4. The Balaban J connectivity index is 2.32. The molecular weight excluding hydrogens is 399 g/mol. The molecule has 1 aliphatic heterocycles. The molecule has 1 aliphatic rings. The second-order valence-electron chi connectivity index (χ2n) is 5.54. The molecule has 2 heterocycles. The Morgan fingerprint density at radius 2 is 2.09 bits per heavy atom. The SMILES string of the molecule is CN(C1CCCN(c2ncc(Br)cc2C(F)(F)F)C1)S(C)(=O)=O. The number of aromatic nitrogens is 1. The van der Waals surface area contributed by atoms with Crippen LogP contribution in [0.3, 0.4) is 0 Å². The van der Waals surface area contributed by atoms with Crippen molar-refractivity contribution < 1.29 is 21.6 Å². The van der Waals surface area contributed by atoms with Gasteiger partial charge in [0.25, 0.3) is 0 Å². The largest absolute Gasteiger partial charge is 0.419 e. The topological polar surface area (TPSA) is 53.5 Å². The minimum atomic E-state index is -4.53. The predicted octanol–water partition coefficient (Wildman–Crippen LogP) is 2.72. The van der Waals surface area contributed by atoms with E-state index < -0.39 is 21.8 Å². The number of sulfonamides is 1. The van der Waals surface area contributed by atoms with E-state index in [0.29, 0.717) is 19.4 Å². The van der Waals surface area contributed by atoms with E-state index in [1.165, 1.54) is 22.4 Å². The number of hydrogen-bond donors (Lipinski definition) is 0. The maximum absolute atomic E-state index is 13.2. The lowest BCUT2D eigenvalue weighted by molar-refractivity contribution is -0.137. The van der Waals surface area contributed by atoms with Crippen molar-refractivity contribution in [3.8, 4) is 0 Å². The average Bonchev–Trinajstić information content (AvgIpc) is 2.44. The quantitative estimate of drug-likeness (QED) is 0.761. The number of anilines is 1. The van der Waals surface area contributed by atoms with Crippen molar-refractivity contribution in [2.24, 2.45) is 0 Å². The molecular formula is C13H17BrF3N3O2S. The van der Waals surface area contributed by atoms with Crippen molar-refractivity contribution in [2.45, 2.75) is 25.1 Å². The van der Waals surface area contributed by atoms with Gasteiger partial charge in [-0.25, -0.2) is 17.7 Å². The Bertz CT molecular complexity index is 682. The molecule has 2 rings (SSSR count). The number of piperidine rings is 1. The van der Waals surface area contributed by atoms with Gasteiger partial charge >= 0.3 is 6.18 Å². The van der Waals surface area contributed by atoms with Gasteiger partial charge in [-0.2, -0.15) is 13.2 Å². The Kier molecular flexibility index (Phi) is 5.27. The highest BCUT2D eigenvalue weighted by Gasteiger charge is 2.38. The summed E-state index contributed by atoms with van der Waals surface area (Å²) in [7, 11) is -1.95. The summed E-state index contributed by atoms with van der Waals surface area (Å²) < 4.78 is 64.5. The first kappa shape index (κ1) is 18.5. The maximum atomic E-state index is 13.2. The van der Waals surface area contributed by atoms with Crippen LogP contribution in [0.5, 0.6) is 0 Å². The third-order valence-corrected chi connectivity index (χ3v) is 5.65. The first-order valence-electron chi connectivity index (χ1n) is 6.91. The molecule has 1 saturated heterocycles. The first-order valence-corrected chi connectivity index (χ1v) is 9.55. The summed E-state index contributed by atoms with van der Waals surface area (Å²) >= 11 is 3.01. The van der Waals surface area contributed by atoms with Crippen molar-refractivity contribution in [1.82, 2.24) is 9.29 Å². The molecule has 1 unspecified atom stereocenters. The zero-order valence-corrected chi connectivity index (χ0v) is 15.0. The third kappa shape index (κ3) is 4.36. The Morgan fingerprint density at radius 3 is 2.65 bits per heavy atom. The van der Waals surface area contributed by atoms with Crippen LogP contribution in [0.15, 0.2) is 16.7 Å². The minimum absolute atomic E-state index is 0.160. The summed E-state index contributed by atoms with van der Waals surface area (Å²) in [5.41, 5.74) is -0.825. The van der Waals surface area contributed by atoms with Gasteiger partial charge in [-0.3, -0.25) is 0 Å². The van der Waals surface area contributed by atoms with Gasteiger partial charge in [0.2, 0.25) is 10.0 Å². The predicted molar refractivity (Wildman–Crippen MR) is 84.8 cm³/mol. The van der Waals surface area contributed by atoms with Crippen molar-refractivity contribution in [1.29, 1.82) is 0 Å². The second-order valence-corrected chi connectivity index (χ2v) is 8.50. The van der Waals surface area contributed by atoms with Gasteiger partial charge in [-0.05, 0) is 34.8 Å². The highest BCUT2D eigenvalue weighted by molar-refractivity contribution is 9.10. The number of nitrogens with zero attached hydrogens (tertiary/aromatic N) is 3. The molecule has 0 N–H and O–H groups in total. The highest BCUT2D eigenvalue weighted by Crippen LogP contribution is 2.37. The number of alkyl halides is 3. The van der Waals surface area contributed by atoms with E-state index in [0.717, 1.165) is 12.3 Å². The lowest BCUT2D eigenvalue weighted by Gasteiger charge is -2.38. The molecule has 130 valence electrons. The van der Waals surface area contributed by atoms with E-state index in [9.17, 15) is 21.6 Å². The van der Waals surface area contributed by atoms with Crippen molar-refractivity contribution in [2.75, 3.05) is 31.3 Å². The summed E-state index contributed by atoms with van der Waals surface area (Å²) in [4.78, 5) is 5.42. The normalized spacial score (nSPS) is 20.1. The summed E-state index contributed by atoms with van der Waals surface area (Å²) in [6.07, 6.45) is -0.918. The standard InChI is InChI=1S/C13H17BrF3N3O2S/c1-19(23(2,21)22)10-4-3-5-20(8-10)12-11(13(15,16)17)6-9(14)7-18-12/h6-7,10H,3-5,8H2,1-2H3. The van der Waals surface area contributed by atoms with Crippen LogP contribution in [-0.4, -0.2) is 50.1 Å². The van der Waals surface area contributed by atoms with E-state index in [-0.39, 0.29) is 22.9 Å². The van der Waals surface area contributed by atoms with Gasteiger partial charge in [0.1, 0.15) is 5.82 Å². The number of rotatable bonds is 3. The maximum Gasteiger partial charge on any atom is 0.419 e. The average molecular weight is 416 g/mol. The van der Waals surface area contributed by atoms with Crippen molar-refractivity contribution in [3.05, 3.63) is 22.3 Å². The van der Waals surface area contributed by atoms with E-state index in [2.05, 4.69) is 20.9 Å². The zero-order valence-electron chi connectivity index (χ0n) is 12.6. The van der Waals surface area contributed by atoms with Crippen LogP contribution in [-0.2, 0) is 16.2 Å². The van der Waals surface area contributed by atoms with Gasteiger partial charge in [-0.15, -0.1) is 0 Å². The van der Waals surface area contributed by atoms with E-state index in [1.54, 1.807) is 0 Å². The van der Waals surface area contributed by atoms with Crippen molar-refractivity contribution in [3.63, 3.8) is 0 Å². The molecule has 0 amide bonds. The van der Waals surface area contributed by atoms with Crippen LogP contribution in [0, 0.1) is 0 Å². The third-order valence-electron chi connectivity index (χ3n) is 3.87. The molecule has 1 aromatic rings. The Labute approximate surface area is 141 Å². The lowest BCUT2D eigenvalue weighted by atomic mass is 10.1. The molecule has 1 fully saturated rings. The molecule has 0 bridgehead atoms. The number of pyridine rings is 1. The molecule has 0 aliphatic carbocycles. The molecule has 1 aromatic heterocycles. The molecule has 0 aromatic carbocycles. The van der Waals surface area contributed by atoms with Gasteiger partial charge < -0.3 is 4.90 Å².